The molecule has 2 aromatic rings. The maximum Gasteiger partial charge on any atom is 0.228 e. The quantitative estimate of drug-likeness (QED) is 0.734. The molecule has 0 aliphatic rings. The zero-order valence-electron chi connectivity index (χ0n) is 13.7. The molecule has 0 radical (unpaired) electrons. The van der Waals surface area contributed by atoms with Gasteiger partial charge in [-0.15, -0.1) is 12.4 Å². The standard InChI is InChI=1S/C18H21ClN2O2.ClH/c1-12(2)11-23-17-8-7-15(10-16(17)19)21-18(22)9-13-3-5-14(20)6-4-13;/h3-8,10,12H,9,11,20H2,1-2H3,(H,21,22);1H. The molecule has 0 spiro atoms. The van der Waals surface area contributed by atoms with E-state index in [0.29, 0.717) is 34.7 Å². The lowest BCUT2D eigenvalue weighted by Crippen LogP contribution is -2.14. The Labute approximate surface area is 153 Å². The molecule has 24 heavy (non-hydrogen) atoms. The molecule has 0 bridgehead atoms. The van der Waals surface area contributed by atoms with E-state index in [1.165, 1.54) is 0 Å². The van der Waals surface area contributed by atoms with E-state index < -0.39 is 0 Å². The molecule has 0 saturated heterocycles. The first-order chi connectivity index (χ1) is 10.9. The molecule has 0 aliphatic heterocycles. The van der Waals surface area contributed by atoms with Gasteiger partial charge in [0.15, 0.2) is 0 Å². The van der Waals surface area contributed by atoms with Crippen LogP contribution in [-0.4, -0.2) is 12.5 Å². The van der Waals surface area contributed by atoms with Gasteiger partial charge < -0.3 is 15.8 Å². The van der Waals surface area contributed by atoms with E-state index in [0.717, 1.165) is 5.56 Å². The summed E-state index contributed by atoms with van der Waals surface area (Å²) >= 11 is 6.18. The molecule has 2 rings (SSSR count). The molecule has 3 N–H and O–H groups in total. The molecule has 0 aliphatic carbocycles. The lowest BCUT2D eigenvalue weighted by Gasteiger charge is -2.12. The van der Waals surface area contributed by atoms with Crippen LogP contribution >= 0.6 is 24.0 Å². The number of hydrogen-bond donors (Lipinski definition) is 2. The normalized spacial score (nSPS) is 10.2. The number of halogens is 2. The van der Waals surface area contributed by atoms with Crippen molar-refractivity contribution in [3.63, 3.8) is 0 Å². The van der Waals surface area contributed by atoms with Crippen molar-refractivity contribution in [2.45, 2.75) is 20.3 Å². The van der Waals surface area contributed by atoms with Crippen LogP contribution < -0.4 is 15.8 Å². The zero-order chi connectivity index (χ0) is 16.8. The van der Waals surface area contributed by atoms with Crippen LogP contribution in [0.4, 0.5) is 11.4 Å². The van der Waals surface area contributed by atoms with Crippen molar-refractivity contribution in [1.29, 1.82) is 0 Å². The topological polar surface area (TPSA) is 64.3 Å². The lowest BCUT2D eigenvalue weighted by atomic mass is 10.1. The predicted molar refractivity (Wildman–Crippen MR) is 102 cm³/mol. The third-order valence-electron chi connectivity index (χ3n) is 3.13. The summed E-state index contributed by atoms with van der Waals surface area (Å²) in [4.78, 5) is 12.1. The number of rotatable bonds is 6. The SMILES string of the molecule is CC(C)COc1ccc(NC(=O)Cc2ccc(N)cc2)cc1Cl.Cl. The monoisotopic (exact) mass is 368 g/mol. The summed E-state index contributed by atoms with van der Waals surface area (Å²) in [6.07, 6.45) is 0.281. The number of carbonyl (C=O) groups excluding carboxylic acids is 1. The Hall–Kier alpha value is -1.91. The molecule has 0 aromatic heterocycles. The average molecular weight is 369 g/mol. The molecule has 1 amide bonds. The second kappa shape index (κ2) is 9.40. The van der Waals surface area contributed by atoms with E-state index >= 15 is 0 Å². The molecule has 0 atom stereocenters. The fraction of sp³-hybridized carbons (Fsp3) is 0.278. The highest BCUT2D eigenvalue weighted by Gasteiger charge is 2.08. The smallest absolute Gasteiger partial charge is 0.228 e. The van der Waals surface area contributed by atoms with Crippen molar-refractivity contribution in [1.82, 2.24) is 0 Å². The summed E-state index contributed by atoms with van der Waals surface area (Å²) in [7, 11) is 0. The number of ether oxygens (including phenoxy) is 1. The highest BCUT2D eigenvalue weighted by molar-refractivity contribution is 6.32. The van der Waals surface area contributed by atoms with Crippen LogP contribution in [0.3, 0.4) is 0 Å². The highest BCUT2D eigenvalue weighted by Crippen LogP contribution is 2.28. The minimum Gasteiger partial charge on any atom is -0.492 e. The number of benzene rings is 2. The van der Waals surface area contributed by atoms with Gasteiger partial charge in [0.25, 0.3) is 0 Å². The number of anilines is 2. The molecule has 0 unspecified atom stereocenters. The first-order valence-corrected chi connectivity index (χ1v) is 7.88. The number of amides is 1. The summed E-state index contributed by atoms with van der Waals surface area (Å²) in [6.45, 7) is 4.74. The first kappa shape index (κ1) is 20.1. The molecule has 2 aromatic carbocycles. The molecule has 130 valence electrons. The predicted octanol–water partition coefficient (Wildman–Crippen LogP) is 4.56. The van der Waals surface area contributed by atoms with E-state index in [9.17, 15) is 4.79 Å². The van der Waals surface area contributed by atoms with E-state index in [1.807, 2.05) is 12.1 Å². The Morgan fingerprint density at radius 2 is 1.88 bits per heavy atom. The molecule has 0 saturated carbocycles. The van der Waals surface area contributed by atoms with E-state index in [4.69, 9.17) is 22.1 Å². The largest absolute Gasteiger partial charge is 0.492 e. The number of nitrogens with two attached hydrogens (primary N) is 1. The van der Waals surface area contributed by atoms with E-state index in [-0.39, 0.29) is 24.7 Å². The third-order valence-corrected chi connectivity index (χ3v) is 3.43. The Morgan fingerprint density at radius 3 is 2.46 bits per heavy atom. The van der Waals surface area contributed by atoms with Crippen molar-refractivity contribution in [2.75, 3.05) is 17.7 Å². The van der Waals surface area contributed by atoms with Crippen molar-refractivity contribution >= 4 is 41.3 Å². The van der Waals surface area contributed by atoms with Crippen molar-refractivity contribution in [3.8, 4) is 5.75 Å². The van der Waals surface area contributed by atoms with Crippen LogP contribution in [-0.2, 0) is 11.2 Å². The maximum absolute atomic E-state index is 12.1. The van der Waals surface area contributed by atoms with Crippen LogP contribution in [0.5, 0.6) is 5.75 Å². The van der Waals surface area contributed by atoms with Crippen molar-refractivity contribution < 1.29 is 9.53 Å². The maximum atomic E-state index is 12.1. The summed E-state index contributed by atoms with van der Waals surface area (Å²) in [6, 6.07) is 12.5. The lowest BCUT2D eigenvalue weighted by molar-refractivity contribution is -0.115. The van der Waals surface area contributed by atoms with Gasteiger partial charge in [0.1, 0.15) is 5.75 Å². The summed E-state index contributed by atoms with van der Waals surface area (Å²) < 4.78 is 5.61. The zero-order valence-corrected chi connectivity index (χ0v) is 15.3. The molecule has 0 fully saturated rings. The second-order valence-corrected chi connectivity index (χ2v) is 6.22. The fourth-order valence-electron chi connectivity index (χ4n) is 1.98. The van der Waals surface area contributed by atoms with Crippen LogP contribution in [0.25, 0.3) is 0 Å². The summed E-state index contributed by atoms with van der Waals surface area (Å²) in [5.74, 6) is 0.934. The number of hydrogen-bond acceptors (Lipinski definition) is 3. The van der Waals surface area contributed by atoms with Gasteiger partial charge in [-0.05, 0) is 41.8 Å². The molecular formula is C18H22Cl2N2O2. The van der Waals surface area contributed by atoms with Gasteiger partial charge in [-0.2, -0.15) is 0 Å². The van der Waals surface area contributed by atoms with Gasteiger partial charge in [0.2, 0.25) is 5.91 Å². The number of nitrogen functional groups attached to an aromatic ring is 1. The molecule has 4 nitrogen and oxygen atoms in total. The average Bonchev–Trinajstić information content (AvgIpc) is 2.48. The Morgan fingerprint density at radius 1 is 1.21 bits per heavy atom. The fourth-order valence-corrected chi connectivity index (χ4v) is 2.21. The molecular weight excluding hydrogens is 347 g/mol. The third kappa shape index (κ3) is 6.30. The van der Waals surface area contributed by atoms with Crippen LogP contribution in [0.2, 0.25) is 5.02 Å². The van der Waals surface area contributed by atoms with Gasteiger partial charge in [0, 0.05) is 11.4 Å². The summed E-state index contributed by atoms with van der Waals surface area (Å²) in [5.41, 5.74) is 7.85. The van der Waals surface area contributed by atoms with Crippen LogP contribution in [0, 0.1) is 5.92 Å². The van der Waals surface area contributed by atoms with Gasteiger partial charge in [-0.1, -0.05) is 37.6 Å². The van der Waals surface area contributed by atoms with E-state index in [1.54, 1.807) is 30.3 Å². The first-order valence-electron chi connectivity index (χ1n) is 7.50. The molecule has 0 heterocycles. The van der Waals surface area contributed by atoms with Crippen LogP contribution in [0.1, 0.15) is 19.4 Å². The van der Waals surface area contributed by atoms with Gasteiger partial charge in [0.05, 0.1) is 18.1 Å². The number of carbonyl (C=O) groups is 1. The minimum absolute atomic E-state index is 0. The van der Waals surface area contributed by atoms with E-state index in [2.05, 4.69) is 19.2 Å². The Kier molecular flexibility index (Phi) is 7.89. The second-order valence-electron chi connectivity index (χ2n) is 5.82. The molecule has 6 heteroatoms. The minimum atomic E-state index is -0.110. The summed E-state index contributed by atoms with van der Waals surface area (Å²) in [5, 5.41) is 3.31. The highest BCUT2D eigenvalue weighted by atomic mass is 35.5. The van der Waals surface area contributed by atoms with Gasteiger partial charge in [-0.25, -0.2) is 0 Å². The van der Waals surface area contributed by atoms with Crippen molar-refractivity contribution in [2.24, 2.45) is 5.92 Å². The van der Waals surface area contributed by atoms with Gasteiger partial charge in [-0.3, -0.25) is 4.79 Å². The Balaban J connectivity index is 0.00000288. The van der Waals surface area contributed by atoms with Crippen molar-refractivity contribution in [3.05, 3.63) is 53.1 Å². The Bertz CT molecular complexity index is 673. The van der Waals surface area contributed by atoms with Crippen LogP contribution in [0.15, 0.2) is 42.5 Å². The number of nitrogens with one attached hydrogen (secondary N) is 1. The van der Waals surface area contributed by atoms with Gasteiger partial charge >= 0.3 is 0 Å².